The highest BCUT2D eigenvalue weighted by Crippen LogP contribution is 2.40. The van der Waals surface area contributed by atoms with Crippen molar-refractivity contribution < 1.29 is 10.8 Å². The predicted molar refractivity (Wildman–Crippen MR) is 234 cm³/mol. The fraction of sp³-hybridized carbons (Fsp3) is 0. The van der Waals surface area contributed by atoms with Crippen LogP contribution in [0.5, 0.6) is 23.0 Å². The Morgan fingerprint density at radius 1 is 0.339 bits per heavy atom. The van der Waals surface area contributed by atoms with Crippen LogP contribution in [0.15, 0.2) is 189 Å². The first kappa shape index (κ1) is 31.9. The van der Waals surface area contributed by atoms with Gasteiger partial charge in [-0.25, -0.2) is 19.9 Å². The summed E-state index contributed by atoms with van der Waals surface area (Å²) in [5.74, 6) is 4.78. The maximum absolute atomic E-state index is 8.10. The van der Waals surface area contributed by atoms with E-state index in [1.54, 1.807) is 0 Å². The molecule has 0 aliphatic rings. The predicted octanol–water partition coefficient (Wildman–Crippen LogP) is 12.1. The van der Waals surface area contributed by atoms with Crippen LogP contribution in [0, 0.1) is 0 Å². The standard InChI is InChI=1S/C50H31N7O2/c1-3-12-42-36(10-1)38-20-16-32(28-44(38)55(42)48-14-5-7-24-51-48)58-34-18-22-40-41-23-19-35(31-47(41)57(46(40)30-34)50-53-26-9-27-54-50)59-33-17-21-39-37-11-2-4-13-43(37)56(45(39)29-33)49-15-6-8-25-52-49/h1-31H/i9D. The summed E-state index contributed by atoms with van der Waals surface area (Å²) in [4.78, 5) is 18.6. The van der Waals surface area contributed by atoms with Crippen LogP contribution in [0.25, 0.3) is 83.0 Å². The zero-order valence-electron chi connectivity index (χ0n) is 32.3. The van der Waals surface area contributed by atoms with Gasteiger partial charge in [0.05, 0.1) is 34.5 Å². The first-order valence-corrected chi connectivity index (χ1v) is 19.3. The maximum Gasteiger partial charge on any atom is 0.234 e. The Balaban J connectivity index is 0.961. The zero-order chi connectivity index (χ0) is 39.7. The van der Waals surface area contributed by atoms with E-state index in [9.17, 15) is 0 Å². The molecule has 6 heterocycles. The molecular weight excluding hydrogens is 731 g/mol. The van der Waals surface area contributed by atoms with Crippen LogP contribution in [-0.4, -0.2) is 33.6 Å². The lowest BCUT2D eigenvalue weighted by atomic mass is 10.1. The van der Waals surface area contributed by atoms with Gasteiger partial charge in [-0.15, -0.1) is 0 Å². The molecule has 0 spiro atoms. The van der Waals surface area contributed by atoms with E-state index in [0.717, 1.165) is 77.1 Å². The molecule has 6 aromatic heterocycles. The molecule has 12 rings (SSSR count). The Morgan fingerprint density at radius 3 is 1.12 bits per heavy atom. The van der Waals surface area contributed by atoms with Crippen LogP contribution >= 0.6 is 0 Å². The zero-order valence-corrected chi connectivity index (χ0v) is 31.3. The fourth-order valence-electron chi connectivity index (χ4n) is 8.46. The van der Waals surface area contributed by atoms with Gasteiger partial charge in [-0.2, -0.15) is 0 Å². The molecule has 59 heavy (non-hydrogen) atoms. The molecule has 6 aromatic carbocycles. The fourth-order valence-corrected chi connectivity index (χ4v) is 8.46. The molecule has 0 saturated carbocycles. The summed E-state index contributed by atoms with van der Waals surface area (Å²) in [5, 5.41) is 6.51. The van der Waals surface area contributed by atoms with Gasteiger partial charge >= 0.3 is 0 Å². The van der Waals surface area contributed by atoms with Gasteiger partial charge in [0.15, 0.2) is 0 Å². The molecule has 0 aliphatic heterocycles. The lowest BCUT2D eigenvalue weighted by Crippen LogP contribution is -2.00. The normalized spacial score (nSPS) is 12.0. The second kappa shape index (κ2) is 13.1. The van der Waals surface area contributed by atoms with Crippen molar-refractivity contribution in [3.05, 3.63) is 189 Å². The van der Waals surface area contributed by atoms with Gasteiger partial charge in [0, 0.05) is 81.4 Å². The van der Waals surface area contributed by atoms with Gasteiger partial charge in [0.2, 0.25) is 5.95 Å². The molecule has 0 bridgehead atoms. The summed E-state index contributed by atoms with van der Waals surface area (Å²) < 4.78 is 27.7. The Labute approximate surface area is 338 Å². The Kier molecular flexibility index (Phi) is 7.10. The lowest BCUT2D eigenvalue weighted by Gasteiger charge is -2.10. The van der Waals surface area contributed by atoms with Crippen molar-refractivity contribution in [2.24, 2.45) is 0 Å². The number of para-hydroxylation sites is 2. The van der Waals surface area contributed by atoms with Crippen molar-refractivity contribution in [3.63, 3.8) is 0 Å². The SMILES string of the molecule is [2H]c1cnc(-n2c3cc(Oc4ccc5c6ccccc6n(-c6ccccn6)c5c4)ccc3c3ccc(Oc4ccc5c6ccccc6n(-c6ccccn6)c5c4)cc32)nc1. The van der Waals surface area contributed by atoms with E-state index in [0.29, 0.717) is 28.9 Å². The van der Waals surface area contributed by atoms with Gasteiger partial charge in [0.25, 0.3) is 0 Å². The van der Waals surface area contributed by atoms with E-state index in [1.165, 1.54) is 12.4 Å². The van der Waals surface area contributed by atoms with Crippen molar-refractivity contribution in [3.8, 4) is 40.6 Å². The van der Waals surface area contributed by atoms with E-state index < -0.39 is 0 Å². The second-order valence-electron chi connectivity index (χ2n) is 14.3. The summed E-state index contributed by atoms with van der Waals surface area (Å²) in [6.07, 6.45) is 6.63. The number of aromatic nitrogens is 7. The summed E-state index contributed by atoms with van der Waals surface area (Å²) >= 11 is 0. The minimum absolute atomic E-state index is 0.226. The molecule has 278 valence electrons. The largest absolute Gasteiger partial charge is 0.457 e. The van der Waals surface area contributed by atoms with Crippen LogP contribution < -0.4 is 9.47 Å². The van der Waals surface area contributed by atoms with Crippen LogP contribution in [-0.2, 0) is 0 Å². The molecule has 0 atom stereocenters. The average molecular weight is 763 g/mol. The van der Waals surface area contributed by atoms with Crippen molar-refractivity contribution in [1.82, 2.24) is 33.6 Å². The van der Waals surface area contributed by atoms with Crippen molar-refractivity contribution in [1.29, 1.82) is 0 Å². The highest BCUT2D eigenvalue weighted by molar-refractivity contribution is 6.11. The number of hydrogen-bond donors (Lipinski definition) is 0. The van der Waals surface area contributed by atoms with E-state index >= 15 is 0 Å². The summed E-state index contributed by atoms with van der Waals surface area (Å²) in [6, 6.07) is 53.3. The third-order valence-corrected chi connectivity index (χ3v) is 10.9. The molecule has 12 aromatic rings. The number of benzene rings is 6. The monoisotopic (exact) mass is 762 g/mol. The Bertz CT molecular complexity index is 3400. The topological polar surface area (TPSA) is 84.8 Å². The molecule has 0 radical (unpaired) electrons. The smallest absolute Gasteiger partial charge is 0.234 e. The highest BCUT2D eigenvalue weighted by Gasteiger charge is 2.19. The van der Waals surface area contributed by atoms with E-state index in [2.05, 4.69) is 102 Å². The molecule has 0 saturated heterocycles. The molecule has 0 unspecified atom stereocenters. The molecule has 9 nitrogen and oxygen atoms in total. The van der Waals surface area contributed by atoms with E-state index in [1.807, 2.05) is 102 Å². The van der Waals surface area contributed by atoms with Crippen molar-refractivity contribution >= 4 is 65.4 Å². The first-order chi connectivity index (χ1) is 29.6. The summed E-state index contributed by atoms with van der Waals surface area (Å²) in [5.41, 5.74) is 5.84. The third-order valence-electron chi connectivity index (χ3n) is 10.9. The Morgan fingerprint density at radius 2 is 0.712 bits per heavy atom. The number of fused-ring (bicyclic) bond motifs is 9. The van der Waals surface area contributed by atoms with Gasteiger partial charge in [-0.1, -0.05) is 48.5 Å². The maximum atomic E-state index is 8.10. The average Bonchev–Trinajstić information content (AvgIpc) is 3.92. The molecule has 0 fully saturated rings. The van der Waals surface area contributed by atoms with Gasteiger partial charge in [-0.3, -0.25) is 13.7 Å². The minimum Gasteiger partial charge on any atom is -0.457 e. The minimum atomic E-state index is 0.226. The van der Waals surface area contributed by atoms with Crippen LogP contribution in [0.3, 0.4) is 0 Å². The van der Waals surface area contributed by atoms with E-state index in [-0.39, 0.29) is 6.04 Å². The lowest BCUT2D eigenvalue weighted by molar-refractivity contribution is 0.484. The summed E-state index contributed by atoms with van der Waals surface area (Å²) in [6.45, 7) is 0. The van der Waals surface area contributed by atoms with Crippen LogP contribution in [0.4, 0.5) is 0 Å². The third kappa shape index (κ3) is 5.33. The van der Waals surface area contributed by atoms with Gasteiger partial charge in [0.1, 0.15) is 34.6 Å². The molecule has 0 aliphatic carbocycles. The molecule has 0 N–H and O–H groups in total. The number of ether oxygens (including phenoxy) is 2. The number of nitrogens with zero attached hydrogens (tertiary/aromatic N) is 7. The number of pyridine rings is 2. The van der Waals surface area contributed by atoms with Crippen LogP contribution in [0.1, 0.15) is 1.37 Å². The van der Waals surface area contributed by atoms with Crippen molar-refractivity contribution in [2.75, 3.05) is 0 Å². The van der Waals surface area contributed by atoms with Gasteiger partial charge < -0.3 is 9.47 Å². The molecular formula is C50H31N7O2. The Hall–Kier alpha value is -8.30. The first-order valence-electron chi connectivity index (χ1n) is 19.8. The highest BCUT2D eigenvalue weighted by atomic mass is 16.5. The number of rotatable bonds is 7. The second-order valence-corrected chi connectivity index (χ2v) is 14.3. The summed E-state index contributed by atoms with van der Waals surface area (Å²) in [7, 11) is 0. The van der Waals surface area contributed by atoms with Gasteiger partial charge in [-0.05, 0) is 91.0 Å². The molecule has 9 heteroatoms. The van der Waals surface area contributed by atoms with Crippen LogP contribution in [0.2, 0.25) is 0 Å². The van der Waals surface area contributed by atoms with E-state index in [4.69, 9.17) is 10.8 Å². The number of hydrogen-bond acceptors (Lipinski definition) is 6. The molecule has 0 amide bonds. The quantitative estimate of drug-likeness (QED) is 0.161. The van der Waals surface area contributed by atoms with Crippen molar-refractivity contribution in [2.45, 2.75) is 0 Å².